The minimum absolute atomic E-state index is 0.0357. The smallest absolute Gasteiger partial charge is 0.305 e. The van der Waals surface area contributed by atoms with Crippen LogP contribution in [0.3, 0.4) is 0 Å². The SMILES string of the molecule is CCC(=O)OC1CCC([Si](C)(C)C)CC1. The highest BCUT2D eigenvalue weighted by atomic mass is 28.3. The van der Waals surface area contributed by atoms with Crippen molar-refractivity contribution < 1.29 is 9.53 Å². The van der Waals surface area contributed by atoms with E-state index in [9.17, 15) is 4.79 Å². The average molecular weight is 228 g/mol. The molecular weight excluding hydrogens is 204 g/mol. The maximum atomic E-state index is 11.1. The van der Waals surface area contributed by atoms with Crippen LogP contribution in [0.15, 0.2) is 0 Å². The number of esters is 1. The number of carbonyl (C=O) groups excluding carboxylic acids is 1. The lowest BCUT2D eigenvalue weighted by Gasteiger charge is -2.35. The summed E-state index contributed by atoms with van der Waals surface area (Å²) in [7, 11) is -0.975. The fourth-order valence-electron chi connectivity index (χ4n) is 2.32. The maximum absolute atomic E-state index is 11.1. The van der Waals surface area contributed by atoms with E-state index in [0.29, 0.717) is 6.42 Å². The Labute approximate surface area is 94.4 Å². The van der Waals surface area contributed by atoms with Crippen molar-refractivity contribution in [2.75, 3.05) is 0 Å². The molecule has 1 rings (SSSR count). The molecule has 2 nitrogen and oxygen atoms in total. The summed E-state index contributed by atoms with van der Waals surface area (Å²) < 4.78 is 5.38. The zero-order valence-electron chi connectivity index (χ0n) is 10.5. The first-order chi connectivity index (χ1) is 6.93. The Morgan fingerprint density at radius 3 is 2.13 bits per heavy atom. The van der Waals surface area contributed by atoms with Crippen LogP contribution in [-0.4, -0.2) is 20.1 Å². The maximum Gasteiger partial charge on any atom is 0.305 e. The van der Waals surface area contributed by atoms with Gasteiger partial charge in [-0.1, -0.05) is 26.6 Å². The second-order valence-electron chi connectivity index (χ2n) is 5.68. The summed E-state index contributed by atoms with van der Waals surface area (Å²) in [6, 6.07) is 0. The van der Waals surface area contributed by atoms with Gasteiger partial charge in [-0.05, 0) is 31.2 Å². The van der Waals surface area contributed by atoms with Gasteiger partial charge in [0, 0.05) is 14.5 Å². The van der Waals surface area contributed by atoms with Crippen molar-refractivity contribution in [2.24, 2.45) is 0 Å². The number of carbonyl (C=O) groups is 1. The molecule has 0 heterocycles. The van der Waals surface area contributed by atoms with Crippen LogP contribution >= 0.6 is 0 Å². The van der Waals surface area contributed by atoms with Crippen LogP contribution in [-0.2, 0) is 9.53 Å². The average Bonchev–Trinajstić information content (AvgIpc) is 2.17. The molecule has 1 saturated carbocycles. The Morgan fingerprint density at radius 1 is 1.20 bits per heavy atom. The molecule has 0 saturated heterocycles. The summed E-state index contributed by atoms with van der Waals surface area (Å²) in [5, 5.41) is 0. The van der Waals surface area contributed by atoms with Crippen LogP contribution in [0.25, 0.3) is 0 Å². The van der Waals surface area contributed by atoms with Crippen molar-refractivity contribution in [1.29, 1.82) is 0 Å². The van der Waals surface area contributed by atoms with E-state index >= 15 is 0 Å². The van der Waals surface area contributed by atoms with E-state index in [1.807, 2.05) is 6.92 Å². The molecule has 1 aliphatic carbocycles. The summed E-state index contributed by atoms with van der Waals surface area (Å²) >= 11 is 0. The van der Waals surface area contributed by atoms with Gasteiger partial charge >= 0.3 is 5.97 Å². The molecule has 3 heteroatoms. The molecular formula is C12H24O2Si. The van der Waals surface area contributed by atoms with E-state index < -0.39 is 8.07 Å². The Hall–Kier alpha value is -0.313. The van der Waals surface area contributed by atoms with Crippen molar-refractivity contribution in [2.45, 2.75) is 70.3 Å². The zero-order chi connectivity index (χ0) is 11.5. The molecule has 0 bridgehead atoms. The van der Waals surface area contributed by atoms with Gasteiger partial charge in [-0.25, -0.2) is 0 Å². The molecule has 0 atom stereocenters. The van der Waals surface area contributed by atoms with Gasteiger partial charge in [-0.2, -0.15) is 0 Å². The van der Waals surface area contributed by atoms with E-state index in [2.05, 4.69) is 19.6 Å². The molecule has 0 aromatic carbocycles. The van der Waals surface area contributed by atoms with Gasteiger partial charge in [0.15, 0.2) is 0 Å². The largest absolute Gasteiger partial charge is 0.462 e. The number of hydrogen-bond acceptors (Lipinski definition) is 2. The monoisotopic (exact) mass is 228 g/mol. The minimum Gasteiger partial charge on any atom is -0.462 e. The van der Waals surface area contributed by atoms with Gasteiger partial charge in [0.05, 0.1) is 0 Å². The van der Waals surface area contributed by atoms with Gasteiger partial charge in [-0.15, -0.1) is 0 Å². The quantitative estimate of drug-likeness (QED) is 0.545. The van der Waals surface area contributed by atoms with E-state index in [4.69, 9.17) is 4.74 Å². The third-order valence-electron chi connectivity index (χ3n) is 3.49. The lowest BCUT2D eigenvalue weighted by molar-refractivity contribution is -0.150. The molecule has 1 fully saturated rings. The highest BCUT2D eigenvalue weighted by molar-refractivity contribution is 6.77. The van der Waals surface area contributed by atoms with Crippen molar-refractivity contribution >= 4 is 14.0 Å². The summed E-state index contributed by atoms with van der Waals surface area (Å²) in [6.07, 6.45) is 5.41. The molecule has 0 aromatic heterocycles. The van der Waals surface area contributed by atoms with Gasteiger partial charge in [-0.3, -0.25) is 4.79 Å². The first-order valence-corrected chi connectivity index (χ1v) is 9.70. The molecule has 0 radical (unpaired) electrons. The lowest BCUT2D eigenvalue weighted by Crippen LogP contribution is -2.33. The molecule has 0 amide bonds. The van der Waals surface area contributed by atoms with Gasteiger partial charge < -0.3 is 4.74 Å². The van der Waals surface area contributed by atoms with E-state index in [1.165, 1.54) is 12.8 Å². The second-order valence-corrected chi connectivity index (χ2v) is 11.2. The predicted molar refractivity (Wildman–Crippen MR) is 65.7 cm³/mol. The lowest BCUT2D eigenvalue weighted by atomic mass is 9.97. The van der Waals surface area contributed by atoms with Crippen molar-refractivity contribution in [3.63, 3.8) is 0 Å². The van der Waals surface area contributed by atoms with Gasteiger partial charge in [0.2, 0.25) is 0 Å². The van der Waals surface area contributed by atoms with Gasteiger partial charge in [0.25, 0.3) is 0 Å². The van der Waals surface area contributed by atoms with Crippen LogP contribution in [0, 0.1) is 0 Å². The minimum atomic E-state index is -0.975. The molecule has 88 valence electrons. The third-order valence-corrected chi connectivity index (χ3v) is 6.51. The molecule has 0 aromatic rings. The molecule has 0 N–H and O–H groups in total. The standard InChI is InChI=1S/C12H24O2Si/c1-5-12(13)14-10-6-8-11(9-7-10)15(2,3)4/h10-11H,5-9H2,1-4H3. The van der Waals surface area contributed by atoms with Crippen LogP contribution in [0.1, 0.15) is 39.0 Å². The normalized spacial score (nSPS) is 27.5. The first-order valence-electron chi connectivity index (χ1n) is 6.13. The highest BCUT2D eigenvalue weighted by Gasteiger charge is 2.31. The molecule has 0 unspecified atom stereocenters. The summed E-state index contributed by atoms with van der Waals surface area (Å²) in [6.45, 7) is 9.18. The highest BCUT2D eigenvalue weighted by Crippen LogP contribution is 2.37. The molecule has 0 spiro atoms. The van der Waals surface area contributed by atoms with Crippen LogP contribution in [0.5, 0.6) is 0 Å². The number of ether oxygens (including phenoxy) is 1. The Morgan fingerprint density at radius 2 is 1.73 bits per heavy atom. The number of rotatable bonds is 3. The Balaban J connectivity index is 2.33. The fraction of sp³-hybridized carbons (Fsp3) is 0.917. The van der Waals surface area contributed by atoms with E-state index in [-0.39, 0.29) is 12.1 Å². The Bertz CT molecular complexity index is 212. The molecule has 1 aliphatic rings. The van der Waals surface area contributed by atoms with Crippen LogP contribution < -0.4 is 0 Å². The summed E-state index contributed by atoms with van der Waals surface area (Å²) in [4.78, 5) is 11.1. The molecule has 0 aliphatic heterocycles. The van der Waals surface area contributed by atoms with E-state index in [1.54, 1.807) is 0 Å². The van der Waals surface area contributed by atoms with Crippen molar-refractivity contribution in [1.82, 2.24) is 0 Å². The third kappa shape index (κ3) is 3.97. The summed E-state index contributed by atoms with van der Waals surface area (Å²) in [5.74, 6) is -0.0357. The summed E-state index contributed by atoms with van der Waals surface area (Å²) in [5.41, 5.74) is 0.925. The zero-order valence-corrected chi connectivity index (χ0v) is 11.5. The second kappa shape index (κ2) is 5.15. The first kappa shape index (κ1) is 12.8. The van der Waals surface area contributed by atoms with Crippen LogP contribution in [0.2, 0.25) is 25.2 Å². The van der Waals surface area contributed by atoms with Crippen LogP contribution in [0.4, 0.5) is 0 Å². The number of hydrogen-bond donors (Lipinski definition) is 0. The predicted octanol–water partition coefficient (Wildman–Crippen LogP) is 3.59. The van der Waals surface area contributed by atoms with Crippen molar-refractivity contribution in [3.05, 3.63) is 0 Å². The topological polar surface area (TPSA) is 26.3 Å². The fourth-order valence-corrected chi connectivity index (χ4v) is 4.38. The molecule has 15 heavy (non-hydrogen) atoms. The van der Waals surface area contributed by atoms with Crippen molar-refractivity contribution in [3.8, 4) is 0 Å². The van der Waals surface area contributed by atoms with Gasteiger partial charge in [0.1, 0.15) is 6.10 Å². The van der Waals surface area contributed by atoms with E-state index in [0.717, 1.165) is 18.4 Å². The Kier molecular flexibility index (Phi) is 4.38.